The Balaban J connectivity index is 2.32. The lowest BCUT2D eigenvalue weighted by atomic mass is 10.2. The Morgan fingerprint density at radius 2 is 1.89 bits per heavy atom. The minimum absolute atomic E-state index is 0.616. The minimum atomic E-state index is 0.616. The lowest BCUT2D eigenvalue weighted by Gasteiger charge is -2.25. The van der Waals surface area contributed by atoms with Crippen LogP contribution in [0.3, 0.4) is 0 Å². The van der Waals surface area contributed by atoms with E-state index in [0.717, 1.165) is 44.0 Å². The molecule has 1 fully saturated rings. The van der Waals surface area contributed by atoms with Crippen molar-refractivity contribution in [2.24, 2.45) is 0 Å². The maximum Gasteiger partial charge on any atom is 0.145 e. The first-order valence-corrected chi connectivity index (χ1v) is 6.51. The predicted molar refractivity (Wildman–Crippen MR) is 74.3 cm³/mol. The lowest BCUT2D eigenvalue weighted by molar-refractivity contribution is 0.394. The van der Waals surface area contributed by atoms with Crippen LogP contribution >= 0.6 is 11.6 Å². The van der Waals surface area contributed by atoms with Gasteiger partial charge in [0.2, 0.25) is 0 Å². The van der Waals surface area contributed by atoms with Gasteiger partial charge in [-0.2, -0.15) is 0 Å². The highest BCUT2D eigenvalue weighted by molar-refractivity contribution is 6.32. The van der Waals surface area contributed by atoms with Gasteiger partial charge in [-0.3, -0.25) is 0 Å². The molecule has 0 unspecified atom stereocenters. The Morgan fingerprint density at radius 1 is 1.11 bits per heavy atom. The summed E-state index contributed by atoms with van der Waals surface area (Å²) >= 11 is 6.20. The van der Waals surface area contributed by atoms with Crippen molar-refractivity contribution in [3.05, 3.63) is 17.2 Å². The quantitative estimate of drug-likeness (QED) is 0.913. The fourth-order valence-corrected chi connectivity index (χ4v) is 2.41. The van der Waals surface area contributed by atoms with Crippen molar-refractivity contribution < 1.29 is 9.47 Å². The number of nitrogens with one attached hydrogen (secondary N) is 1. The van der Waals surface area contributed by atoms with Crippen LogP contribution in [-0.2, 0) is 0 Å². The van der Waals surface area contributed by atoms with Crippen LogP contribution in [0.1, 0.15) is 6.42 Å². The number of hydrogen-bond donors (Lipinski definition) is 1. The van der Waals surface area contributed by atoms with E-state index in [1.807, 2.05) is 12.1 Å². The molecule has 1 aromatic carbocycles. The molecule has 2 rings (SSSR count). The number of rotatable bonds is 3. The summed E-state index contributed by atoms with van der Waals surface area (Å²) in [5.74, 6) is 1.45. The summed E-state index contributed by atoms with van der Waals surface area (Å²) < 4.78 is 10.6. The van der Waals surface area contributed by atoms with Crippen LogP contribution in [0.15, 0.2) is 12.1 Å². The normalized spacial score (nSPS) is 16.3. The average Bonchev–Trinajstić information content (AvgIpc) is 2.67. The largest absolute Gasteiger partial charge is 0.495 e. The van der Waals surface area contributed by atoms with Crippen molar-refractivity contribution in [1.29, 1.82) is 0 Å². The summed E-state index contributed by atoms with van der Waals surface area (Å²) in [4.78, 5) is 2.30. The van der Waals surface area contributed by atoms with Crippen LogP contribution in [0, 0.1) is 0 Å². The van der Waals surface area contributed by atoms with Crippen LogP contribution in [0.25, 0.3) is 0 Å². The Morgan fingerprint density at radius 3 is 2.61 bits per heavy atom. The zero-order chi connectivity index (χ0) is 13.0. The molecule has 0 spiro atoms. The van der Waals surface area contributed by atoms with Crippen molar-refractivity contribution >= 4 is 17.3 Å². The molecule has 1 heterocycles. The van der Waals surface area contributed by atoms with E-state index < -0.39 is 0 Å². The van der Waals surface area contributed by atoms with Gasteiger partial charge in [-0.15, -0.1) is 0 Å². The van der Waals surface area contributed by atoms with E-state index in [-0.39, 0.29) is 0 Å². The monoisotopic (exact) mass is 270 g/mol. The van der Waals surface area contributed by atoms with E-state index in [0.29, 0.717) is 10.8 Å². The predicted octanol–water partition coefficient (Wildman–Crippen LogP) is 2.16. The third kappa shape index (κ3) is 2.82. The van der Waals surface area contributed by atoms with Gasteiger partial charge in [-0.05, 0) is 19.0 Å². The van der Waals surface area contributed by atoms with Gasteiger partial charge in [-0.1, -0.05) is 11.6 Å². The van der Waals surface area contributed by atoms with Gasteiger partial charge in [0, 0.05) is 25.7 Å². The second-order valence-electron chi connectivity index (χ2n) is 4.25. The Bertz CT molecular complexity index is 404. The fourth-order valence-electron chi connectivity index (χ4n) is 2.18. The maximum absolute atomic E-state index is 6.20. The summed E-state index contributed by atoms with van der Waals surface area (Å²) in [6.45, 7) is 4.00. The first kappa shape index (κ1) is 13.3. The fraction of sp³-hybridized carbons (Fsp3) is 0.538. The summed E-state index contributed by atoms with van der Waals surface area (Å²) in [6.07, 6.45) is 1.12. The first-order valence-electron chi connectivity index (χ1n) is 6.13. The number of halogens is 1. The molecular weight excluding hydrogens is 252 g/mol. The highest BCUT2D eigenvalue weighted by Crippen LogP contribution is 2.38. The molecule has 100 valence electrons. The number of nitrogens with zero attached hydrogens (tertiary/aromatic N) is 1. The SMILES string of the molecule is COc1cc(OC)c(N2CCCNCC2)cc1Cl. The molecule has 0 atom stereocenters. The summed E-state index contributed by atoms with van der Waals surface area (Å²) in [6, 6.07) is 3.76. The van der Waals surface area contributed by atoms with E-state index in [9.17, 15) is 0 Å². The van der Waals surface area contributed by atoms with E-state index >= 15 is 0 Å². The smallest absolute Gasteiger partial charge is 0.145 e. The van der Waals surface area contributed by atoms with Crippen LogP contribution in [0.5, 0.6) is 11.5 Å². The molecule has 1 N–H and O–H groups in total. The molecule has 0 aromatic heterocycles. The van der Waals surface area contributed by atoms with Crippen molar-refractivity contribution in [1.82, 2.24) is 5.32 Å². The highest BCUT2D eigenvalue weighted by atomic mass is 35.5. The summed E-state index contributed by atoms with van der Waals surface area (Å²) in [5, 5.41) is 4.00. The Hall–Kier alpha value is -1.13. The molecule has 0 amide bonds. The molecule has 0 saturated carbocycles. The third-order valence-corrected chi connectivity index (χ3v) is 3.43. The topological polar surface area (TPSA) is 33.7 Å². The molecule has 4 nitrogen and oxygen atoms in total. The van der Waals surface area contributed by atoms with Crippen LogP contribution < -0.4 is 19.7 Å². The van der Waals surface area contributed by atoms with Crippen molar-refractivity contribution in [2.75, 3.05) is 45.3 Å². The van der Waals surface area contributed by atoms with Gasteiger partial charge in [0.15, 0.2) is 0 Å². The molecule has 1 aliphatic heterocycles. The summed E-state index contributed by atoms with van der Waals surface area (Å²) in [7, 11) is 3.28. The zero-order valence-electron chi connectivity index (χ0n) is 10.8. The van der Waals surface area contributed by atoms with Crippen molar-refractivity contribution in [3.8, 4) is 11.5 Å². The molecular formula is C13H19ClN2O2. The molecule has 5 heteroatoms. The van der Waals surface area contributed by atoms with Gasteiger partial charge in [-0.25, -0.2) is 0 Å². The van der Waals surface area contributed by atoms with E-state index in [2.05, 4.69) is 10.2 Å². The number of methoxy groups -OCH3 is 2. The van der Waals surface area contributed by atoms with Crippen molar-refractivity contribution in [3.63, 3.8) is 0 Å². The third-order valence-electron chi connectivity index (χ3n) is 3.13. The molecule has 0 bridgehead atoms. The van der Waals surface area contributed by atoms with Gasteiger partial charge >= 0.3 is 0 Å². The molecule has 1 aliphatic rings. The van der Waals surface area contributed by atoms with Gasteiger partial charge < -0.3 is 19.7 Å². The zero-order valence-corrected chi connectivity index (χ0v) is 11.6. The Kier molecular flexibility index (Phi) is 4.55. The van der Waals surface area contributed by atoms with Crippen molar-refractivity contribution in [2.45, 2.75) is 6.42 Å². The second-order valence-corrected chi connectivity index (χ2v) is 4.66. The van der Waals surface area contributed by atoms with Crippen LogP contribution in [0.4, 0.5) is 5.69 Å². The van der Waals surface area contributed by atoms with Gasteiger partial charge in [0.25, 0.3) is 0 Å². The van der Waals surface area contributed by atoms with E-state index in [4.69, 9.17) is 21.1 Å². The van der Waals surface area contributed by atoms with Gasteiger partial charge in [0.1, 0.15) is 11.5 Å². The molecule has 1 saturated heterocycles. The van der Waals surface area contributed by atoms with Crippen LogP contribution in [-0.4, -0.2) is 40.4 Å². The molecule has 0 aliphatic carbocycles. The average molecular weight is 271 g/mol. The Labute approximate surface area is 113 Å². The number of benzene rings is 1. The second kappa shape index (κ2) is 6.16. The number of anilines is 1. The van der Waals surface area contributed by atoms with E-state index in [1.165, 1.54) is 0 Å². The number of hydrogen-bond acceptors (Lipinski definition) is 4. The maximum atomic E-state index is 6.20. The van der Waals surface area contributed by atoms with Gasteiger partial charge in [0.05, 0.1) is 24.9 Å². The molecule has 0 radical (unpaired) electrons. The van der Waals surface area contributed by atoms with E-state index in [1.54, 1.807) is 14.2 Å². The number of ether oxygens (including phenoxy) is 2. The first-order chi connectivity index (χ1) is 8.76. The lowest BCUT2D eigenvalue weighted by Crippen LogP contribution is -2.28. The molecule has 18 heavy (non-hydrogen) atoms. The standard InChI is InChI=1S/C13H19ClN2O2/c1-17-12-9-13(18-2)11(8-10(12)14)16-6-3-4-15-5-7-16/h8-9,15H,3-7H2,1-2H3. The molecule has 1 aromatic rings. The highest BCUT2D eigenvalue weighted by Gasteiger charge is 2.17. The minimum Gasteiger partial charge on any atom is -0.495 e. The summed E-state index contributed by atoms with van der Waals surface area (Å²) in [5.41, 5.74) is 1.03. The van der Waals surface area contributed by atoms with Crippen LogP contribution in [0.2, 0.25) is 5.02 Å².